The van der Waals surface area contributed by atoms with E-state index in [0.717, 1.165) is 61.7 Å². The number of nitrogens with zero attached hydrogens (tertiary/aromatic N) is 5. The van der Waals surface area contributed by atoms with E-state index in [4.69, 9.17) is 0 Å². The van der Waals surface area contributed by atoms with Gasteiger partial charge >= 0.3 is 0 Å². The van der Waals surface area contributed by atoms with Gasteiger partial charge in [-0.25, -0.2) is 9.67 Å². The quantitative estimate of drug-likeness (QED) is 0.933. The number of H-pyrrole nitrogens is 1. The molecule has 1 amide bonds. The summed E-state index contributed by atoms with van der Waals surface area (Å²) in [6.07, 6.45) is 6.06. The molecule has 2 aromatic heterocycles. The molecule has 0 spiro atoms. The van der Waals surface area contributed by atoms with Gasteiger partial charge in [0.15, 0.2) is 0 Å². The van der Waals surface area contributed by atoms with Crippen molar-refractivity contribution in [1.29, 1.82) is 0 Å². The van der Waals surface area contributed by atoms with Crippen molar-refractivity contribution in [1.82, 2.24) is 29.9 Å². The molecular formula is C16H22N6O. The zero-order chi connectivity index (χ0) is 16.0. The lowest BCUT2D eigenvalue weighted by Crippen LogP contribution is -2.38. The van der Waals surface area contributed by atoms with E-state index < -0.39 is 0 Å². The molecule has 2 fully saturated rings. The molecule has 1 aliphatic carbocycles. The summed E-state index contributed by atoms with van der Waals surface area (Å²) in [5.41, 5.74) is 1.78. The van der Waals surface area contributed by atoms with Gasteiger partial charge in [0.1, 0.15) is 11.6 Å². The second-order valence-electron chi connectivity index (χ2n) is 6.65. The van der Waals surface area contributed by atoms with Gasteiger partial charge in [-0.05, 0) is 39.5 Å². The van der Waals surface area contributed by atoms with Gasteiger partial charge in [0.05, 0.1) is 30.0 Å². The second-order valence-corrected chi connectivity index (χ2v) is 6.65. The Morgan fingerprint density at radius 2 is 2.17 bits per heavy atom. The highest BCUT2D eigenvalue weighted by atomic mass is 16.2. The van der Waals surface area contributed by atoms with Gasteiger partial charge in [0.2, 0.25) is 0 Å². The minimum absolute atomic E-state index is 0.109. The van der Waals surface area contributed by atoms with Gasteiger partial charge < -0.3 is 4.90 Å². The normalized spacial score (nSPS) is 21.1. The third kappa shape index (κ3) is 2.64. The number of amides is 1. The van der Waals surface area contributed by atoms with Crippen LogP contribution < -0.4 is 0 Å². The highest BCUT2D eigenvalue weighted by Gasteiger charge is 2.35. The van der Waals surface area contributed by atoms with Crippen LogP contribution in [0.1, 0.15) is 59.3 Å². The van der Waals surface area contributed by atoms with Crippen LogP contribution in [-0.2, 0) is 6.54 Å². The molecule has 2 aliphatic rings. The number of aryl methyl sites for hydroxylation is 2. The molecule has 2 aromatic rings. The van der Waals surface area contributed by atoms with E-state index in [1.165, 1.54) is 0 Å². The molecular weight excluding hydrogens is 292 g/mol. The lowest BCUT2D eigenvalue weighted by molar-refractivity contribution is 0.0720. The monoisotopic (exact) mass is 314 g/mol. The van der Waals surface area contributed by atoms with E-state index in [-0.39, 0.29) is 11.9 Å². The maximum atomic E-state index is 13.0. The van der Waals surface area contributed by atoms with Crippen LogP contribution in [0.3, 0.4) is 0 Å². The van der Waals surface area contributed by atoms with Crippen LogP contribution in [0.15, 0.2) is 6.20 Å². The van der Waals surface area contributed by atoms with Crippen molar-refractivity contribution in [2.24, 2.45) is 0 Å². The summed E-state index contributed by atoms with van der Waals surface area (Å²) in [6.45, 7) is 5.39. The van der Waals surface area contributed by atoms with Crippen molar-refractivity contribution in [3.05, 3.63) is 29.1 Å². The smallest absolute Gasteiger partial charge is 0.257 e. The Hall–Kier alpha value is -2.18. The molecule has 7 heteroatoms. The zero-order valence-electron chi connectivity index (χ0n) is 13.6. The van der Waals surface area contributed by atoms with Crippen molar-refractivity contribution in [2.45, 2.75) is 58.0 Å². The fourth-order valence-corrected chi connectivity index (χ4v) is 3.53. The molecule has 7 nitrogen and oxygen atoms in total. The van der Waals surface area contributed by atoms with Gasteiger partial charge in [0.25, 0.3) is 5.91 Å². The number of nitrogens with one attached hydrogen (secondary N) is 1. The maximum absolute atomic E-state index is 13.0. The Morgan fingerprint density at radius 1 is 1.35 bits per heavy atom. The summed E-state index contributed by atoms with van der Waals surface area (Å²) < 4.78 is 1.92. The second kappa shape index (κ2) is 5.47. The largest absolute Gasteiger partial charge is 0.334 e. The topological polar surface area (TPSA) is 79.7 Å². The zero-order valence-corrected chi connectivity index (χ0v) is 13.6. The lowest BCUT2D eigenvalue weighted by atomic mass is 10.1. The van der Waals surface area contributed by atoms with E-state index >= 15 is 0 Å². The van der Waals surface area contributed by atoms with Crippen LogP contribution in [0.25, 0.3) is 0 Å². The fraction of sp³-hybridized carbons (Fsp3) is 0.625. The summed E-state index contributed by atoms with van der Waals surface area (Å²) in [6, 6.07) is 0.184. The number of likely N-dealkylation sites (tertiary alicyclic amines) is 1. The van der Waals surface area contributed by atoms with E-state index in [9.17, 15) is 4.79 Å². The van der Waals surface area contributed by atoms with Crippen molar-refractivity contribution in [3.8, 4) is 0 Å². The Balaban J connectivity index is 1.54. The number of hydrogen-bond acceptors (Lipinski definition) is 4. The molecule has 23 heavy (non-hydrogen) atoms. The molecule has 1 N–H and O–H groups in total. The molecule has 1 aliphatic heterocycles. The van der Waals surface area contributed by atoms with Gasteiger partial charge in [-0.1, -0.05) is 0 Å². The predicted octanol–water partition coefficient (Wildman–Crippen LogP) is 1.80. The number of aromatic nitrogens is 5. The van der Waals surface area contributed by atoms with Crippen LogP contribution in [0.5, 0.6) is 0 Å². The molecule has 1 saturated heterocycles. The number of carbonyl (C=O) groups excluding carboxylic acids is 1. The minimum Gasteiger partial charge on any atom is -0.334 e. The molecule has 0 aromatic carbocycles. The van der Waals surface area contributed by atoms with Crippen LogP contribution in [0.2, 0.25) is 0 Å². The molecule has 1 atom stereocenters. The number of carbonyl (C=O) groups is 1. The standard InChI is InChI=1S/C16H22N6O/c1-10-18-11(2)22(20-10)9-13-4-3-7-21(13)16(23)14-8-17-19-15(14)12-5-6-12/h8,12-13H,3-7,9H2,1-2H3,(H,17,19). The number of rotatable bonds is 4. The van der Waals surface area contributed by atoms with Crippen LogP contribution >= 0.6 is 0 Å². The first kappa shape index (κ1) is 14.4. The molecule has 1 unspecified atom stereocenters. The molecule has 0 radical (unpaired) electrons. The van der Waals surface area contributed by atoms with E-state index in [1.54, 1.807) is 6.20 Å². The van der Waals surface area contributed by atoms with E-state index in [1.807, 2.05) is 23.4 Å². The minimum atomic E-state index is 0.109. The number of hydrogen-bond donors (Lipinski definition) is 1. The Bertz CT molecular complexity index is 729. The van der Waals surface area contributed by atoms with Crippen LogP contribution in [-0.4, -0.2) is 48.4 Å². The van der Waals surface area contributed by atoms with Crippen molar-refractivity contribution >= 4 is 5.91 Å². The first-order valence-corrected chi connectivity index (χ1v) is 8.35. The first-order chi connectivity index (χ1) is 11.1. The van der Waals surface area contributed by atoms with Crippen molar-refractivity contribution in [3.63, 3.8) is 0 Å². The van der Waals surface area contributed by atoms with Gasteiger partial charge in [-0.3, -0.25) is 9.89 Å². The summed E-state index contributed by atoms with van der Waals surface area (Å²) >= 11 is 0. The molecule has 0 bridgehead atoms. The van der Waals surface area contributed by atoms with Gasteiger partial charge in [-0.15, -0.1) is 0 Å². The van der Waals surface area contributed by atoms with Crippen molar-refractivity contribution in [2.75, 3.05) is 6.54 Å². The lowest BCUT2D eigenvalue weighted by Gasteiger charge is -2.25. The molecule has 1 saturated carbocycles. The predicted molar refractivity (Wildman–Crippen MR) is 84.1 cm³/mol. The summed E-state index contributed by atoms with van der Waals surface area (Å²) in [7, 11) is 0. The average molecular weight is 314 g/mol. The fourth-order valence-electron chi connectivity index (χ4n) is 3.53. The highest BCUT2D eigenvalue weighted by molar-refractivity contribution is 5.95. The first-order valence-electron chi connectivity index (χ1n) is 8.35. The molecule has 122 valence electrons. The number of aromatic amines is 1. The Labute approximate surface area is 135 Å². The van der Waals surface area contributed by atoms with Crippen molar-refractivity contribution < 1.29 is 4.79 Å². The molecule has 4 rings (SSSR count). The highest BCUT2D eigenvalue weighted by Crippen LogP contribution is 2.41. The van der Waals surface area contributed by atoms with E-state index in [0.29, 0.717) is 5.92 Å². The SMILES string of the molecule is Cc1nc(C)n(CC2CCCN2C(=O)c2cn[nH]c2C2CC2)n1. The van der Waals surface area contributed by atoms with Gasteiger partial charge in [-0.2, -0.15) is 10.2 Å². The van der Waals surface area contributed by atoms with Crippen LogP contribution in [0.4, 0.5) is 0 Å². The van der Waals surface area contributed by atoms with E-state index in [2.05, 4.69) is 20.3 Å². The average Bonchev–Trinajstić information content (AvgIpc) is 2.95. The third-order valence-corrected chi connectivity index (χ3v) is 4.87. The maximum Gasteiger partial charge on any atom is 0.257 e. The third-order valence-electron chi connectivity index (χ3n) is 4.87. The Morgan fingerprint density at radius 3 is 2.87 bits per heavy atom. The summed E-state index contributed by atoms with van der Waals surface area (Å²) in [5, 5.41) is 11.6. The summed E-state index contributed by atoms with van der Waals surface area (Å²) in [4.78, 5) is 19.3. The van der Waals surface area contributed by atoms with Crippen LogP contribution in [0, 0.1) is 13.8 Å². The Kier molecular flexibility index (Phi) is 3.43. The molecule has 3 heterocycles. The summed E-state index contributed by atoms with van der Waals surface area (Å²) in [5.74, 6) is 2.29. The van der Waals surface area contributed by atoms with Gasteiger partial charge in [0, 0.05) is 12.5 Å².